The summed E-state index contributed by atoms with van der Waals surface area (Å²) in [4.78, 5) is 13.7. The van der Waals surface area contributed by atoms with Crippen LogP contribution in [0.4, 0.5) is 0 Å². The third-order valence-electron chi connectivity index (χ3n) is 4.83. The maximum atomic E-state index is 12.6. The molecule has 1 amide bonds. The molecule has 3 rings (SSSR count). The molecule has 0 bridgehead atoms. The fourth-order valence-corrected chi connectivity index (χ4v) is 4.71. The molecule has 0 saturated heterocycles. The van der Waals surface area contributed by atoms with Crippen LogP contribution in [0, 0.1) is 0 Å². The number of amides is 1. The van der Waals surface area contributed by atoms with Crippen LogP contribution in [0.25, 0.3) is 0 Å². The third kappa shape index (κ3) is 3.87. The lowest BCUT2D eigenvalue weighted by molar-refractivity contribution is -0.128. The van der Waals surface area contributed by atoms with E-state index in [1.165, 1.54) is 0 Å². The van der Waals surface area contributed by atoms with Gasteiger partial charge in [0.25, 0.3) is 0 Å². The highest BCUT2D eigenvalue weighted by atomic mass is 32.2. The molecule has 2 aliphatic rings. The average Bonchev–Trinajstić information content (AvgIpc) is 2.77. The van der Waals surface area contributed by atoms with Crippen molar-refractivity contribution in [1.82, 2.24) is 9.62 Å². The highest BCUT2D eigenvalue weighted by Crippen LogP contribution is 2.22. The Morgan fingerprint density at radius 1 is 1.17 bits per heavy atom. The number of carbonyl (C=O) groups excluding carboxylic acids is 1. The van der Waals surface area contributed by atoms with Gasteiger partial charge in [-0.25, -0.2) is 13.1 Å². The van der Waals surface area contributed by atoms with Crippen molar-refractivity contribution in [2.45, 2.75) is 50.0 Å². The second-order valence-electron chi connectivity index (χ2n) is 6.54. The van der Waals surface area contributed by atoms with Gasteiger partial charge in [0.05, 0.1) is 4.90 Å². The van der Waals surface area contributed by atoms with Crippen LogP contribution in [-0.2, 0) is 27.7 Å². The van der Waals surface area contributed by atoms with E-state index in [1.54, 1.807) is 19.1 Å². The molecule has 1 N–H and O–H groups in total. The second kappa shape index (κ2) is 7.07. The Balaban J connectivity index is 1.78. The molecule has 0 fully saturated rings. The summed E-state index contributed by atoms with van der Waals surface area (Å²) in [6.07, 6.45) is 8.10. The summed E-state index contributed by atoms with van der Waals surface area (Å²) < 4.78 is 28.1. The normalized spacial score (nSPS) is 21.2. The zero-order valence-electron chi connectivity index (χ0n) is 14.0. The molecule has 6 heteroatoms. The Labute approximate surface area is 143 Å². The maximum absolute atomic E-state index is 12.6. The molecular formula is C18H24N2O3S. The van der Waals surface area contributed by atoms with Crippen LogP contribution >= 0.6 is 0 Å². The van der Waals surface area contributed by atoms with Crippen LogP contribution in [0.1, 0.15) is 37.3 Å². The van der Waals surface area contributed by atoms with E-state index in [4.69, 9.17) is 0 Å². The standard InChI is InChI=1S/C18H24N2O3S/c1-14(21)20-11-9-15-7-8-18(13-16(15)10-12-20)24(22,23)19-17-5-3-2-4-6-17/h2-3,7-8,13,17,19H,4-6,9-12H2,1H3. The summed E-state index contributed by atoms with van der Waals surface area (Å²) in [6.45, 7) is 2.92. The maximum Gasteiger partial charge on any atom is 0.240 e. The molecule has 5 nitrogen and oxygen atoms in total. The first kappa shape index (κ1) is 17.2. The summed E-state index contributed by atoms with van der Waals surface area (Å²) in [7, 11) is -3.50. The van der Waals surface area contributed by atoms with Gasteiger partial charge in [0.2, 0.25) is 15.9 Å². The second-order valence-corrected chi connectivity index (χ2v) is 8.25. The van der Waals surface area contributed by atoms with Gasteiger partial charge in [-0.3, -0.25) is 4.79 Å². The van der Waals surface area contributed by atoms with E-state index >= 15 is 0 Å². The number of fused-ring (bicyclic) bond motifs is 1. The lowest BCUT2D eigenvalue weighted by atomic mass is 10.0. The number of nitrogens with one attached hydrogen (secondary N) is 1. The Bertz CT molecular complexity index is 756. The molecule has 130 valence electrons. The van der Waals surface area contributed by atoms with Gasteiger partial charge >= 0.3 is 0 Å². The van der Waals surface area contributed by atoms with E-state index in [-0.39, 0.29) is 11.9 Å². The SMILES string of the molecule is CC(=O)N1CCc2ccc(S(=O)(=O)NC3CC=CCC3)cc2CC1. The van der Waals surface area contributed by atoms with Crippen molar-refractivity contribution >= 4 is 15.9 Å². The summed E-state index contributed by atoms with van der Waals surface area (Å²) in [6, 6.07) is 5.34. The van der Waals surface area contributed by atoms with E-state index in [2.05, 4.69) is 10.8 Å². The molecule has 0 radical (unpaired) electrons. The topological polar surface area (TPSA) is 66.5 Å². The largest absolute Gasteiger partial charge is 0.342 e. The van der Waals surface area contributed by atoms with E-state index in [9.17, 15) is 13.2 Å². The molecule has 1 unspecified atom stereocenters. The molecular weight excluding hydrogens is 324 g/mol. The van der Waals surface area contributed by atoms with E-state index in [0.717, 1.165) is 36.8 Å². The van der Waals surface area contributed by atoms with Crippen molar-refractivity contribution in [3.63, 3.8) is 0 Å². The van der Waals surface area contributed by atoms with Gasteiger partial charge in [0.1, 0.15) is 0 Å². The minimum absolute atomic E-state index is 0.0213. The molecule has 0 saturated carbocycles. The number of rotatable bonds is 3. The first-order chi connectivity index (χ1) is 11.5. The molecule has 1 atom stereocenters. The van der Waals surface area contributed by atoms with Crippen LogP contribution in [-0.4, -0.2) is 38.4 Å². The summed E-state index contributed by atoms with van der Waals surface area (Å²) >= 11 is 0. The zero-order chi connectivity index (χ0) is 17.2. The number of carbonyl (C=O) groups is 1. The van der Waals surface area contributed by atoms with Gasteiger partial charge < -0.3 is 4.90 Å². The Morgan fingerprint density at radius 3 is 2.58 bits per heavy atom. The van der Waals surface area contributed by atoms with Gasteiger partial charge in [-0.05, 0) is 55.4 Å². The summed E-state index contributed by atoms with van der Waals surface area (Å²) in [5.74, 6) is 0.0719. The van der Waals surface area contributed by atoms with Crippen LogP contribution < -0.4 is 4.72 Å². The third-order valence-corrected chi connectivity index (χ3v) is 6.34. The number of sulfonamides is 1. The first-order valence-electron chi connectivity index (χ1n) is 8.50. The number of nitrogens with zero attached hydrogens (tertiary/aromatic N) is 1. The smallest absolute Gasteiger partial charge is 0.240 e. The van der Waals surface area contributed by atoms with Crippen LogP contribution in [0.15, 0.2) is 35.2 Å². The van der Waals surface area contributed by atoms with Gasteiger partial charge in [-0.1, -0.05) is 18.2 Å². The van der Waals surface area contributed by atoms with Crippen molar-refractivity contribution < 1.29 is 13.2 Å². The zero-order valence-corrected chi connectivity index (χ0v) is 14.8. The highest BCUT2D eigenvalue weighted by molar-refractivity contribution is 7.89. The lowest BCUT2D eigenvalue weighted by Gasteiger charge is -2.19. The predicted octanol–water partition coefficient (Wildman–Crippen LogP) is 2.02. The van der Waals surface area contributed by atoms with Crippen molar-refractivity contribution in [1.29, 1.82) is 0 Å². The fourth-order valence-electron chi connectivity index (χ4n) is 3.37. The van der Waals surface area contributed by atoms with Gasteiger partial charge in [0.15, 0.2) is 0 Å². The monoisotopic (exact) mass is 348 g/mol. The van der Waals surface area contributed by atoms with Gasteiger partial charge in [-0.15, -0.1) is 0 Å². The number of allylic oxidation sites excluding steroid dienone is 1. The molecule has 24 heavy (non-hydrogen) atoms. The minimum atomic E-state index is -3.50. The quantitative estimate of drug-likeness (QED) is 0.850. The Kier molecular flexibility index (Phi) is 5.06. The van der Waals surface area contributed by atoms with Gasteiger partial charge in [0, 0.05) is 26.1 Å². The van der Waals surface area contributed by atoms with Crippen LogP contribution in [0.3, 0.4) is 0 Å². The van der Waals surface area contributed by atoms with Crippen LogP contribution in [0.5, 0.6) is 0 Å². The highest BCUT2D eigenvalue weighted by Gasteiger charge is 2.22. The predicted molar refractivity (Wildman–Crippen MR) is 93.2 cm³/mol. The lowest BCUT2D eigenvalue weighted by Crippen LogP contribution is -2.35. The van der Waals surface area contributed by atoms with Crippen LogP contribution in [0.2, 0.25) is 0 Å². The molecule has 0 aromatic heterocycles. The number of hydrogen-bond acceptors (Lipinski definition) is 3. The summed E-state index contributed by atoms with van der Waals surface area (Å²) in [5, 5.41) is 0. The molecule has 1 aromatic rings. The number of benzene rings is 1. The molecule has 1 aliphatic heterocycles. The van der Waals surface area contributed by atoms with Crippen molar-refractivity contribution in [3.05, 3.63) is 41.5 Å². The Hall–Kier alpha value is -1.66. The fraction of sp³-hybridized carbons (Fsp3) is 0.500. The van der Waals surface area contributed by atoms with E-state index < -0.39 is 10.0 Å². The van der Waals surface area contributed by atoms with Crippen molar-refractivity contribution in [3.8, 4) is 0 Å². The Morgan fingerprint density at radius 2 is 1.92 bits per heavy atom. The summed E-state index contributed by atoms with van der Waals surface area (Å²) in [5.41, 5.74) is 2.17. The first-order valence-corrected chi connectivity index (χ1v) is 9.99. The molecule has 1 aromatic carbocycles. The van der Waals surface area contributed by atoms with Crippen molar-refractivity contribution in [2.75, 3.05) is 13.1 Å². The molecule has 0 spiro atoms. The molecule has 1 heterocycles. The van der Waals surface area contributed by atoms with Gasteiger partial charge in [-0.2, -0.15) is 0 Å². The number of hydrogen-bond donors (Lipinski definition) is 1. The van der Waals surface area contributed by atoms with E-state index in [1.807, 2.05) is 17.0 Å². The minimum Gasteiger partial charge on any atom is -0.342 e. The van der Waals surface area contributed by atoms with E-state index in [0.29, 0.717) is 24.4 Å². The molecule has 1 aliphatic carbocycles. The van der Waals surface area contributed by atoms with Crippen molar-refractivity contribution in [2.24, 2.45) is 0 Å². The average molecular weight is 348 g/mol.